The second-order valence-corrected chi connectivity index (χ2v) is 15.6. The van der Waals surface area contributed by atoms with E-state index in [0.717, 1.165) is 50.0 Å². The Morgan fingerprint density at radius 2 is 1.32 bits per heavy atom. The molecular weight excluding hydrogens is 678 g/mol. The fraction of sp³-hybridized carbons (Fsp3) is 0.429. The van der Waals surface area contributed by atoms with Gasteiger partial charge in [-0.2, -0.15) is 0 Å². The second-order valence-electron chi connectivity index (χ2n) is 12.8. The average molecular weight is 735 g/mol. The van der Waals surface area contributed by atoms with E-state index in [2.05, 4.69) is 133 Å². The molecule has 8 heteroatoms. The zero-order valence-corrected chi connectivity index (χ0v) is 32.5. The quantitative estimate of drug-likeness (QED) is 0.0809. The van der Waals surface area contributed by atoms with Crippen LogP contribution in [0.25, 0.3) is 0 Å². The van der Waals surface area contributed by atoms with Crippen LogP contribution in [-0.4, -0.2) is 104 Å². The fourth-order valence-electron chi connectivity index (χ4n) is 5.94. The lowest BCUT2D eigenvalue weighted by Crippen LogP contribution is -2.48. The zero-order valence-electron chi connectivity index (χ0n) is 30.1. The minimum atomic E-state index is 0.0909. The highest BCUT2D eigenvalue weighted by atomic mass is 35.5. The summed E-state index contributed by atoms with van der Waals surface area (Å²) in [6.45, 7) is 9.56. The minimum absolute atomic E-state index is 0.0909. The minimum Gasteiger partial charge on any atom is -0.394 e. The van der Waals surface area contributed by atoms with Gasteiger partial charge in [0.15, 0.2) is 0 Å². The van der Waals surface area contributed by atoms with Crippen molar-refractivity contribution in [2.24, 2.45) is 0 Å². The van der Waals surface area contributed by atoms with Gasteiger partial charge in [0.05, 0.1) is 31.1 Å². The number of aliphatic hydroxyl groups excluding tert-OH is 1. The van der Waals surface area contributed by atoms with Gasteiger partial charge in [0.1, 0.15) is 0 Å². The van der Waals surface area contributed by atoms with Gasteiger partial charge in [-0.3, -0.25) is 9.80 Å². The maximum absolute atomic E-state index is 8.78. The molecule has 1 aliphatic rings. The summed E-state index contributed by atoms with van der Waals surface area (Å²) >= 11 is 10.1. The van der Waals surface area contributed by atoms with E-state index in [0.29, 0.717) is 18.5 Å². The number of thioether (sulfide) groups is 2. The Hall–Kier alpha value is -2.33. The normalized spacial score (nSPS) is 15.0. The number of nitrogens with zero attached hydrogens (tertiary/aromatic N) is 3. The Morgan fingerprint density at radius 3 is 1.92 bits per heavy atom. The molecule has 2 unspecified atom stereocenters. The zero-order chi connectivity index (χ0) is 35.4. The van der Waals surface area contributed by atoms with Gasteiger partial charge in [-0.15, -0.1) is 23.5 Å². The summed E-state index contributed by atoms with van der Waals surface area (Å²) in [5, 5.41) is 9.97. The van der Waals surface area contributed by atoms with E-state index in [-0.39, 0.29) is 12.6 Å². The first-order chi connectivity index (χ1) is 24.5. The SMILES string of the molecule is CCCCSc1ccc(C(SCCN(C)C)c2ccccc2)cc1.OCCOCCN1CCN(C(c2ccccc2)c2ccc(Cl)cc2)CC1. The Bertz CT molecular complexity index is 1440. The van der Waals surface area contributed by atoms with Crippen LogP contribution in [0.3, 0.4) is 0 Å². The molecule has 0 aromatic heterocycles. The van der Waals surface area contributed by atoms with Crippen molar-refractivity contribution in [1.82, 2.24) is 14.7 Å². The molecule has 0 spiro atoms. The molecule has 1 saturated heterocycles. The van der Waals surface area contributed by atoms with Gasteiger partial charge >= 0.3 is 0 Å². The molecule has 0 amide bonds. The molecule has 1 aliphatic heterocycles. The second kappa shape index (κ2) is 23.3. The average Bonchev–Trinajstić information content (AvgIpc) is 3.15. The van der Waals surface area contributed by atoms with Gasteiger partial charge in [-0.25, -0.2) is 0 Å². The molecule has 4 aromatic carbocycles. The van der Waals surface area contributed by atoms with Crippen molar-refractivity contribution in [3.8, 4) is 0 Å². The molecule has 4 aromatic rings. The van der Waals surface area contributed by atoms with Crippen molar-refractivity contribution in [3.05, 3.63) is 136 Å². The van der Waals surface area contributed by atoms with E-state index in [4.69, 9.17) is 21.4 Å². The maximum atomic E-state index is 8.78. The lowest BCUT2D eigenvalue weighted by Gasteiger charge is -2.39. The van der Waals surface area contributed by atoms with E-state index in [1.54, 1.807) is 0 Å². The topological polar surface area (TPSA) is 39.2 Å². The molecule has 270 valence electrons. The smallest absolute Gasteiger partial charge is 0.0698 e. The molecule has 50 heavy (non-hydrogen) atoms. The first-order valence-electron chi connectivity index (χ1n) is 18.0. The van der Waals surface area contributed by atoms with Crippen LogP contribution in [0.1, 0.15) is 53.3 Å². The highest BCUT2D eigenvalue weighted by Gasteiger charge is 2.26. The first-order valence-corrected chi connectivity index (χ1v) is 20.4. The Balaban J connectivity index is 0.000000226. The molecule has 5 rings (SSSR count). The van der Waals surface area contributed by atoms with Gasteiger partial charge in [0, 0.05) is 54.9 Å². The van der Waals surface area contributed by atoms with Crippen LogP contribution >= 0.6 is 35.1 Å². The van der Waals surface area contributed by atoms with Gasteiger partial charge in [-0.05, 0) is 72.8 Å². The lowest BCUT2D eigenvalue weighted by atomic mass is 9.96. The number of hydrogen-bond donors (Lipinski definition) is 1. The number of ether oxygens (including phenoxy) is 1. The van der Waals surface area contributed by atoms with E-state index < -0.39 is 0 Å². The van der Waals surface area contributed by atoms with Gasteiger partial charge in [-0.1, -0.05) is 110 Å². The van der Waals surface area contributed by atoms with Crippen LogP contribution in [0.5, 0.6) is 0 Å². The summed E-state index contributed by atoms with van der Waals surface area (Å²) in [6, 6.07) is 39.2. The summed E-state index contributed by atoms with van der Waals surface area (Å²) in [6.07, 6.45) is 2.56. The number of aliphatic hydroxyl groups is 1. The Morgan fingerprint density at radius 1 is 0.740 bits per heavy atom. The monoisotopic (exact) mass is 733 g/mol. The third-order valence-electron chi connectivity index (χ3n) is 8.74. The van der Waals surface area contributed by atoms with Crippen LogP contribution in [0, 0.1) is 0 Å². The van der Waals surface area contributed by atoms with Crippen molar-refractivity contribution >= 4 is 35.1 Å². The van der Waals surface area contributed by atoms with Crippen molar-refractivity contribution in [2.75, 3.05) is 84.7 Å². The van der Waals surface area contributed by atoms with Crippen LogP contribution in [-0.2, 0) is 4.74 Å². The van der Waals surface area contributed by atoms with Crippen LogP contribution in [0.15, 0.2) is 114 Å². The largest absolute Gasteiger partial charge is 0.394 e. The molecule has 0 bridgehead atoms. The summed E-state index contributed by atoms with van der Waals surface area (Å²) in [5.41, 5.74) is 5.40. The number of piperazine rings is 1. The third-order valence-corrected chi connectivity index (χ3v) is 11.4. The van der Waals surface area contributed by atoms with E-state index >= 15 is 0 Å². The van der Waals surface area contributed by atoms with Gasteiger partial charge in [0.2, 0.25) is 0 Å². The number of unbranched alkanes of at least 4 members (excludes halogenated alkanes) is 1. The molecule has 1 fully saturated rings. The first kappa shape index (κ1) is 40.4. The van der Waals surface area contributed by atoms with Crippen LogP contribution in [0.4, 0.5) is 0 Å². The Labute approximate surface area is 315 Å². The molecule has 2 atom stereocenters. The number of benzene rings is 4. The Kier molecular flexibility index (Phi) is 18.8. The molecule has 0 radical (unpaired) electrons. The lowest BCUT2D eigenvalue weighted by molar-refractivity contribution is 0.0522. The van der Waals surface area contributed by atoms with Crippen molar-refractivity contribution in [1.29, 1.82) is 0 Å². The van der Waals surface area contributed by atoms with Crippen LogP contribution in [0.2, 0.25) is 5.02 Å². The summed E-state index contributed by atoms with van der Waals surface area (Å²) in [4.78, 5) is 8.61. The highest BCUT2D eigenvalue weighted by Crippen LogP contribution is 2.36. The van der Waals surface area contributed by atoms with E-state index in [9.17, 15) is 0 Å². The summed E-state index contributed by atoms with van der Waals surface area (Å²) in [5.74, 6) is 2.36. The highest BCUT2D eigenvalue weighted by molar-refractivity contribution is 7.99. The van der Waals surface area contributed by atoms with Crippen molar-refractivity contribution in [3.63, 3.8) is 0 Å². The van der Waals surface area contributed by atoms with Gasteiger partial charge < -0.3 is 14.7 Å². The summed E-state index contributed by atoms with van der Waals surface area (Å²) in [7, 11) is 4.28. The van der Waals surface area contributed by atoms with Crippen LogP contribution < -0.4 is 0 Å². The van der Waals surface area contributed by atoms with Crippen molar-refractivity contribution in [2.45, 2.75) is 36.0 Å². The van der Waals surface area contributed by atoms with E-state index in [1.807, 2.05) is 35.7 Å². The summed E-state index contributed by atoms with van der Waals surface area (Å²) < 4.78 is 5.39. The number of rotatable bonds is 18. The molecule has 0 saturated carbocycles. The molecule has 1 heterocycles. The molecule has 1 N–H and O–H groups in total. The van der Waals surface area contributed by atoms with Crippen molar-refractivity contribution < 1.29 is 9.84 Å². The molecular formula is C42H56ClN3O2S2. The number of halogens is 1. The molecule has 0 aliphatic carbocycles. The predicted molar refractivity (Wildman–Crippen MR) is 217 cm³/mol. The maximum Gasteiger partial charge on any atom is 0.0698 e. The predicted octanol–water partition coefficient (Wildman–Crippen LogP) is 9.02. The molecule has 5 nitrogen and oxygen atoms in total. The van der Waals surface area contributed by atoms with Gasteiger partial charge in [0.25, 0.3) is 0 Å². The standard InChI is InChI=1S/C21H27ClN2O2.C21H29NS2/c22-20-8-6-19(7-9-20)21(18-4-2-1-3-5-18)24-12-10-23(11-13-24)14-16-26-17-15-25;1-4-5-16-23-20-13-11-19(12-14-20)21(24-17-15-22(2)3)18-9-7-6-8-10-18/h1-9,21,25H,10-17H2;6-14,21H,4-5,15-17H2,1-3H3. The number of hydrogen-bond acceptors (Lipinski definition) is 7. The van der Waals surface area contributed by atoms with E-state index in [1.165, 1.54) is 45.7 Å². The fourth-order valence-corrected chi connectivity index (χ4v) is 8.47. The third kappa shape index (κ3) is 14.0.